The molecule has 0 radical (unpaired) electrons. The van der Waals surface area contributed by atoms with Crippen LogP contribution in [-0.4, -0.2) is 62.6 Å². The second kappa shape index (κ2) is 13.8. The number of esters is 3. The largest absolute Gasteiger partial charge is 0.459 e. The molecule has 0 spiro atoms. The molecule has 4 rings (SSSR count). The third-order valence-corrected chi connectivity index (χ3v) is 6.88. The number of nitro groups is 3. The molecule has 16 nitrogen and oxygen atoms in total. The highest BCUT2D eigenvalue weighted by Gasteiger charge is 2.44. The summed E-state index contributed by atoms with van der Waals surface area (Å²) in [4.78, 5) is 69.5. The highest BCUT2D eigenvalue weighted by atomic mass is 79.9. The van der Waals surface area contributed by atoms with E-state index in [0.29, 0.717) is 0 Å². The summed E-state index contributed by atoms with van der Waals surface area (Å²) in [6.07, 6.45) is -3.78. The van der Waals surface area contributed by atoms with Crippen molar-refractivity contribution in [2.45, 2.75) is 29.7 Å². The fraction of sp³-hybridized carbons (Fsp3) is 0.222. The Morgan fingerprint density at radius 3 is 1.48 bits per heavy atom. The summed E-state index contributed by atoms with van der Waals surface area (Å²) < 4.78 is 22.4. The Hall–Kier alpha value is -5.29. The summed E-state index contributed by atoms with van der Waals surface area (Å²) in [6, 6.07) is 13.7. The molecule has 1 heterocycles. The molecule has 228 valence electrons. The molecule has 0 N–H and O–H groups in total. The third-order valence-electron chi connectivity index (χ3n) is 6.29. The molecule has 3 aromatic carbocycles. The first-order valence-electron chi connectivity index (χ1n) is 12.5. The van der Waals surface area contributed by atoms with Crippen LogP contribution in [0, 0.1) is 30.3 Å². The lowest BCUT2D eigenvalue weighted by Crippen LogP contribution is -2.52. The fourth-order valence-electron chi connectivity index (χ4n) is 4.08. The van der Waals surface area contributed by atoms with Gasteiger partial charge < -0.3 is 18.9 Å². The van der Waals surface area contributed by atoms with E-state index < -0.39 is 62.6 Å². The Labute approximate surface area is 255 Å². The van der Waals surface area contributed by atoms with Crippen molar-refractivity contribution in [2.75, 3.05) is 6.61 Å². The summed E-state index contributed by atoms with van der Waals surface area (Å²) in [5.41, 5.74) is -0.875. The number of rotatable bonds is 10. The van der Waals surface area contributed by atoms with Gasteiger partial charge in [-0.05, 0) is 36.4 Å². The van der Waals surface area contributed by atoms with Crippen LogP contribution in [0.3, 0.4) is 0 Å². The highest BCUT2D eigenvalue weighted by Crippen LogP contribution is 2.30. The molecule has 0 saturated carbocycles. The summed E-state index contributed by atoms with van der Waals surface area (Å²) in [5.74, 6) is -2.73. The summed E-state index contributed by atoms with van der Waals surface area (Å²) in [5, 5.41) is 32.1. The molecule has 0 aromatic heterocycles. The summed E-state index contributed by atoms with van der Waals surface area (Å²) in [7, 11) is 0. The molecule has 0 aliphatic carbocycles. The van der Waals surface area contributed by atoms with Gasteiger partial charge in [-0.1, -0.05) is 15.9 Å². The molecule has 0 unspecified atom stereocenters. The van der Waals surface area contributed by atoms with Crippen molar-refractivity contribution in [1.82, 2.24) is 0 Å². The van der Waals surface area contributed by atoms with Gasteiger partial charge in [0.1, 0.15) is 23.8 Å². The molecule has 17 heteroatoms. The number of hydrogen-bond donors (Lipinski definition) is 0. The van der Waals surface area contributed by atoms with Gasteiger partial charge in [-0.15, -0.1) is 0 Å². The molecule has 0 amide bonds. The number of hydrogen-bond acceptors (Lipinski definition) is 13. The van der Waals surface area contributed by atoms with Crippen LogP contribution in [0.2, 0.25) is 0 Å². The van der Waals surface area contributed by atoms with Crippen LogP contribution in [0.1, 0.15) is 37.5 Å². The van der Waals surface area contributed by atoms with E-state index in [-0.39, 0.29) is 40.2 Å². The fourth-order valence-corrected chi connectivity index (χ4v) is 4.72. The third kappa shape index (κ3) is 7.75. The summed E-state index contributed by atoms with van der Waals surface area (Å²) in [6.45, 7) is -0.512. The van der Waals surface area contributed by atoms with Crippen LogP contribution >= 0.6 is 15.9 Å². The van der Waals surface area contributed by atoms with Crippen molar-refractivity contribution in [1.29, 1.82) is 0 Å². The van der Waals surface area contributed by atoms with E-state index in [0.717, 1.165) is 36.4 Å². The van der Waals surface area contributed by atoms with Crippen LogP contribution in [-0.2, 0) is 18.9 Å². The Morgan fingerprint density at radius 1 is 0.682 bits per heavy atom. The average molecular weight is 674 g/mol. The van der Waals surface area contributed by atoms with Crippen molar-refractivity contribution in [3.63, 3.8) is 0 Å². The molecule has 1 fully saturated rings. The van der Waals surface area contributed by atoms with Crippen LogP contribution in [0.25, 0.3) is 0 Å². The number of nitrogens with zero attached hydrogens (tertiary/aromatic N) is 3. The van der Waals surface area contributed by atoms with Gasteiger partial charge in [-0.2, -0.15) is 0 Å². The Kier molecular flexibility index (Phi) is 9.92. The molecule has 1 aliphatic heterocycles. The van der Waals surface area contributed by atoms with E-state index in [2.05, 4.69) is 15.9 Å². The van der Waals surface area contributed by atoms with E-state index >= 15 is 0 Å². The van der Waals surface area contributed by atoms with Crippen molar-refractivity contribution >= 4 is 50.9 Å². The number of non-ortho nitro benzene ring substituents is 3. The van der Waals surface area contributed by atoms with Crippen LogP contribution in [0.4, 0.5) is 17.1 Å². The molecule has 1 saturated heterocycles. The van der Waals surface area contributed by atoms with Crippen molar-refractivity contribution in [3.8, 4) is 0 Å². The first-order chi connectivity index (χ1) is 20.9. The van der Waals surface area contributed by atoms with Crippen LogP contribution in [0.15, 0.2) is 72.8 Å². The Morgan fingerprint density at radius 2 is 1.07 bits per heavy atom. The topological polar surface area (TPSA) is 218 Å². The molecular formula is C27H20BrN3O13. The molecular weight excluding hydrogens is 654 g/mol. The normalized spacial score (nSPS) is 19.3. The van der Waals surface area contributed by atoms with Gasteiger partial charge in [0.05, 0.1) is 31.5 Å². The maximum Gasteiger partial charge on any atom is 0.338 e. The standard InChI is InChI=1S/C27H20BrN3O13/c28-23-13-21(43-26(33)16-3-9-19(10-4-16)30(37)38)24(44-27(34)17-5-11-20(12-6-17)31(39)40)22(42-23)14-41-25(32)15-1-7-18(8-2-15)29(35)36/h1-12,21-24H,13-14H2/t21-,22-,23-,24+/m1/s1. The minimum Gasteiger partial charge on any atom is -0.459 e. The van der Waals surface area contributed by atoms with Gasteiger partial charge in [-0.3, -0.25) is 30.3 Å². The number of halogens is 1. The van der Waals surface area contributed by atoms with Gasteiger partial charge >= 0.3 is 17.9 Å². The number of nitro benzene ring substituents is 3. The minimum atomic E-state index is -1.36. The van der Waals surface area contributed by atoms with Crippen molar-refractivity contribution in [3.05, 3.63) is 120 Å². The predicted molar refractivity (Wildman–Crippen MR) is 150 cm³/mol. The monoisotopic (exact) mass is 673 g/mol. The molecule has 4 atom stereocenters. The maximum atomic E-state index is 13.0. The quantitative estimate of drug-likeness (QED) is 0.0950. The first kappa shape index (κ1) is 31.6. The first-order valence-corrected chi connectivity index (χ1v) is 13.5. The van der Waals surface area contributed by atoms with Gasteiger partial charge in [0.2, 0.25) is 0 Å². The van der Waals surface area contributed by atoms with Crippen LogP contribution in [0.5, 0.6) is 0 Å². The van der Waals surface area contributed by atoms with Crippen molar-refractivity contribution in [2.24, 2.45) is 0 Å². The Bertz CT molecular complexity index is 1580. The lowest BCUT2D eigenvalue weighted by molar-refractivity contribution is -0.385. The summed E-state index contributed by atoms with van der Waals surface area (Å²) >= 11 is 3.28. The molecule has 0 bridgehead atoms. The van der Waals surface area contributed by atoms with E-state index in [1.54, 1.807) is 0 Å². The maximum absolute atomic E-state index is 13.0. The van der Waals surface area contributed by atoms with E-state index in [1.165, 1.54) is 36.4 Å². The number of benzene rings is 3. The van der Waals surface area contributed by atoms with E-state index in [9.17, 15) is 44.7 Å². The Balaban J connectivity index is 1.55. The zero-order valence-corrected chi connectivity index (χ0v) is 23.8. The predicted octanol–water partition coefficient (Wildman–Crippen LogP) is 4.53. The molecule has 3 aromatic rings. The minimum absolute atomic E-state index is 0.0117. The SMILES string of the molecule is O=C(OC[C@H]1O[C@@H](Br)C[C@@H](OC(=O)c2ccc([N+](=O)[O-])cc2)[C@@H]1OC(=O)c1ccc([N+](=O)[O-])cc1)c1ccc([N+](=O)[O-])cc1. The van der Waals surface area contributed by atoms with Gasteiger partial charge in [0, 0.05) is 42.8 Å². The van der Waals surface area contributed by atoms with Gasteiger partial charge in [0.25, 0.3) is 17.1 Å². The number of alkyl halides is 1. The second-order valence-corrected chi connectivity index (χ2v) is 10.2. The molecule has 44 heavy (non-hydrogen) atoms. The van der Waals surface area contributed by atoms with Gasteiger partial charge in [0.15, 0.2) is 6.10 Å². The van der Waals surface area contributed by atoms with E-state index in [1.807, 2.05) is 0 Å². The number of carbonyl (C=O) groups excluding carboxylic acids is 3. The lowest BCUT2D eigenvalue weighted by atomic mass is 10.0. The molecule has 1 aliphatic rings. The highest BCUT2D eigenvalue weighted by molar-refractivity contribution is 9.09. The second-order valence-electron chi connectivity index (χ2n) is 9.14. The van der Waals surface area contributed by atoms with Crippen molar-refractivity contribution < 1.29 is 48.1 Å². The number of carbonyl (C=O) groups is 3. The zero-order valence-electron chi connectivity index (χ0n) is 22.2. The van der Waals surface area contributed by atoms with Crippen LogP contribution < -0.4 is 0 Å². The van der Waals surface area contributed by atoms with Gasteiger partial charge in [-0.25, -0.2) is 14.4 Å². The number of ether oxygens (including phenoxy) is 4. The smallest absolute Gasteiger partial charge is 0.338 e. The lowest BCUT2D eigenvalue weighted by Gasteiger charge is -2.38. The van der Waals surface area contributed by atoms with E-state index in [4.69, 9.17) is 18.9 Å². The average Bonchev–Trinajstić information content (AvgIpc) is 3.01. The zero-order chi connectivity index (χ0) is 32.0.